The maximum Gasteiger partial charge on any atom is 0.255 e. The summed E-state index contributed by atoms with van der Waals surface area (Å²) in [7, 11) is 0. The molecule has 3 aromatic rings. The van der Waals surface area contributed by atoms with Crippen LogP contribution in [-0.2, 0) is 16.1 Å². The largest absolute Gasteiger partial charge is 0.394 e. The number of halogens is 4. The van der Waals surface area contributed by atoms with E-state index in [9.17, 15) is 38.4 Å². The molecule has 7 atom stereocenters. The lowest BCUT2D eigenvalue weighted by atomic mass is 9.88. The number of hydrogen-bond donors (Lipinski definition) is 4. The zero-order valence-electron chi connectivity index (χ0n) is 22.2. The van der Waals surface area contributed by atoms with E-state index in [0.29, 0.717) is 35.6 Å². The average molecular weight is 611 g/mol. The molecule has 42 heavy (non-hydrogen) atoms. The summed E-state index contributed by atoms with van der Waals surface area (Å²) in [4.78, 5) is 15.5. The number of hydrogen-bond acceptors (Lipinski definition) is 8. The summed E-state index contributed by atoms with van der Waals surface area (Å²) in [6.45, 7) is -0.723. The number of ether oxygens (including phenoxy) is 1. The Morgan fingerprint density at radius 1 is 1.07 bits per heavy atom. The topological polar surface area (TPSA) is 141 Å². The summed E-state index contributed by atoms with van der Waals surface area (Å²) < 4.78 is 47.8. The number of rotatable bonds is 7. The number of aliphatic hydroxyl groups is 4. The molecule has 2 fully saturated rings. The standard InChI is InChI=1S/C28H30ClF3N4O6/c29-16-6-2-1-5-14(16)11-35(20-7-3-4-8-21(20)38)28(41)27-26(40)24(25(39)22(13-37)42-27)36-12-19(33-34-36)15-9-17(30)23(32)18(31)10-15/h1-2,5-6,9-10,12,20-22,24-27,37-40H,3-4,7-8,11,13H2/t20-,21-,22?,24?,25?,26?,27?/m0/s1. The van der Waals surface area contributed by atoms with Crippen LogP contribution in [0.25, 0.3) is 11.3 Å². The van der Waals surface area contributed by atoms with Crippen molar-refractivity contribution in [3.8, 4) is 11.3 Å². The molecule has 10 nitrogen and oxygen atoms in total. The Kier molecular flexibility index (Phi) is 9.16. The van der Waals surface area contributed by atoms with Gasteiger partial charge in [0, 0.05) is 17.1 Å². The van der Waals surface area contributed by atoms with E-state index < -0.39 is 72.6 Å². The van der Waals surface area contributed by atoms with Crippen LogP contribution in [-0.4, -0.2) is 89.4 Å². The second kappa shape index (κ2) is 12.7. The van der Waals surface area contributed by atoms with E-state index in [0.717, 1.165) is 23.7 Å². The molecule has 5 rings (SSSR count). The molecule has 2 aliphatic rings. The Morgan fingerprint density at radius 3 is 2.43 bits per heavy atom. The molecule has 1 aromatic heterocycles. The van der Waals surface area contributed by atoms with E-state index in [-0.39, 0.29) is 17.8 Å². The zero-order valence-corrected chi connectivity index (χ0v) is 23.0. The molecule has 14 heteroatoms. The normalized spacial score (nSPS) is 28.0. The van der Waals surface area contributed by atoms with Crippen LogP contribution in [0, 0.1) is 17.5 Å². The maximum absolute atomic E-state index is 14.1. The van der Waals surface area contributed by atoms with Gasteiger partial charge in [0.1, 0.15) is 30.0 Å². The molecule has 1 aliphatic heterocycles. The van der Waals surface area contributed by atoms with Crippen molar-refractivity contribution in [2.45, 2.75) is 74.8 Å². The molecule has 226 valence electrons. The quantitative estimate of drug-likeness (QED) is 0.299. The highest BCUT2D eigenvalue weighted by Crippen LogP contribution is 2.34. The number of aliphatic hydroxyl groups excluding tert-OH is 4. The third-order valence-electron chi connectivity index (χ3n) is 7.91. The first kappa shape index (κ1) is 30.4. The molecule has 5 unspecified atom stereocenters. The fourth-order valence-corrected chi connectivity index (χ4v) is 5.86. The van der Waals surface area contributed by atoms with E-state index in [1.807, 2.05) is 0 Å². The van der Waals surface area contributed by atoms with Crippen LogP contribution < -0.4 is 0 Å². The van der Waals surface area contributed by atoms with E-state index in [4.69, 9.17) is 16.3 Å². The van der Waals surface area contributed by atoms with Crippen molar-refractivity contribution in [3.63, 3.8) is 0 Å². The summed E-state index contributed by atoms with van der Waals surface area (Å²) in [6, 6.07) is 6.32. The SMILES string of the molecule is O=C(C1OC(CO)C(O)C(n2cc(-c3cc(F)c(F)c(F)c3)nn2)C1O)N(Cc1ccccc1Cl)[C@H]1CCCC[C@@H]1O. The first-order valence-corrected chi connectivity index (χ1v) is 13.9. The Balaban J connectivity index is 1.48. The molecule has 1 saturated heterocycles. The van der Waals surface area contributed by atoms with Gasteiger partial charge in [-0.05, 0) is 36.6 Å². The summed E-state index contributed by atoms with van der Waals surface area (Å²) in [5.74, 6) is -5.25. The van der Waals surface area contributed by atoms with Crippen molar-refractivity contribution < 1.29 is 43.1 Å². The lowest BCUT2D eigenvalue weighted by Gasteiger charge is -2.45. The molecule has 2 heterocycles. The second-order valence-electron chi connectivity index (χ2n) is 10.6. The molecule has 4 N–H and O–H groups in total. The highest BCUT2D eigenvalue weighted by molar-refractivity contribution is 6.31. The maximum atomic E-state index is 14.1. The highest BCUT2D eigenvalue weighted by atomic mass is 35.5. The number of aromatic nitrogens is 3. The molecule has 2 aromatic carbocycles. The molecular formula is C28H30ClF3N4O6. The molecule has 1 amide bonds. The number of nitrogens with zero attached hydrogens (tertiary/aromatic N) is 4. The van der Waals surface area contributed by atoms with Gasteiger partial charge >= 0.3 is 0 Å². The fraction of sp³-hybridized carbons (Fsp3) is 0.464. The number of carbonyl (C=O) groups excluding carboxylic acids is 1. The van der Waals surface area contributed by atoms with Gasteiger partial charge in [0.15, 0.2) is 23.6 Å². The van der Waals surface area contributed by atoms with E-state index >= 15 is 0 Å². The van der Waals surface area contributed by atoms with Crippen molar-refractivity contribution in [2.75, 3.05) is 6.61 Å². The first-order valence-electron chi connectivity index (χ1n) is 13.5. The lowest BCUT2D eigenvalue weighted by molar-refractivity contribution is -0.214. The summed E-state index contributed by atoms with van der Waals surface area (Å²) in [5.41, 5.74) is 0.343. The van der Waals surface area contributed by atoms with Gasteiger partial charge in [-0.2, -0.15) is 0 Å². The van der Waals surface area contributed by atoms with E-state index in [2.05, 4.69) is 10.3 Å². The predicted molar refractivity (Wildman–Crippen MR) is 142 cm³/mol. The van der Waals surface area contributed by atoms with E-state index in [1.165, 1.54) is 4.90 Å². The van der Waals surface area contributed by atoms with Gasteiger partial charge in [-0.1, -0.05) is 47.9 Å². The van der Waals surface area contributed by atoms with Gasteiger partial charge < -0.3 is 30.1 Å². The summed E-state index contributed by atoms with van der Waals surface area (Å²) in [6.07, 6.45) is -3.43. The minimum absolute atomic E-state index is 0.000998. The molecule has 0 bridgehead atoms. The van der Waals surface area contributed by atoms with Gasteiger partial charge in [-0.3, -0.25) is 4.79 Å². The average Bonchev–Trinajstić information content (AvgIpc) is 3.45. The summed E-state index contributed by atoms with van der Waals surface area (Å²) >= 11 is 6.38. The smallest absolute Gasteiger partial charge is 0.255 e. The third kappa shape index (κ3) is 5.90. The van der Waals surface area contributed by atoms with Crippen molar-refractivity contribution in [3.05, 3.63) is 70.6 Å². The first-order chi connectivity index (χ1) is 20.1. The minimum atomic E-state index is -1.74. The Hall–Kier alpha value is -3.07. The monoisotopic (exact) mass is 610 g/mol. The third-order valence-corrected chi connectivity index (χ3v) is 8.28. The second-order valence-corrected chi connectivity index (χ2v) is 11.0. The van der Waals surface area contributed by atoms with Crippen LogP contribution >= 0.6 is 11.6 Å². The number of benzene rings is 2. The molecule has 0 radical (unpaired) electrons. The van der Waals surface area contributed by atoms with Crippen molar-refractivity contribution in [2.24, 2.45) is 0 Å². The zero-order chi connectivity index (χ0) is 30.1. The Bertz CT molecular complexity index is 1410. The lowest BCUT2D eigenvalue weighted by Crippen LogP contribution is -2.62. The number of carbonyl (C=O) groups is 1. The Morgan fingerprint density at radius 2 is 1.76 bits per heavy atom. The van der Waals surface area contributed by atoms with Gasteiger partial charge in [0.2, 0.25) is 0 Å². The molecule has 1 saturated carbocycles. The van der Waals surface area contributed by atoms with Crippen molar-refractivity contribution in [1.29, 1.82) is 0 Å². The van der Waals surface area contributed by atoms with Crippen LogP contribution in [0.3, 0.4) is 0 Å². The molecule has 0 spiro atoms. The summed E-state index contributed by atoms with van der Waals surface area (Å²) in [5, 5.41) is 51.3. The fourth-order valence-electron chi connectivity index (χ4n) is 5.66. The van der Waals surface area contributed by atoms with Crippen LogP contribution in [0.2, 0.25) is 5.02 Å². The minimum Gasteiger partial charge on any atom is -0.394 e. The van der Waals surface area contributed by atoms with E-state index in [1.54, 1.807) is 24.3 Å². The van der Waals surface area contributed by atoms with Crippen molar-refractivity contribution >= 4 is 17.5 Å². The van der Waals surface area contributed by atoms with Gasteiger partial charge in [-0.15, -0.1) is 5.10 Å². The van der Waals surface area contributed by atoms with Crippen LogP contribution in [0.5, 0.6) is 0 Å². The molecular weight excluding hydrogens is 581 g/mol. The van der Waals surface area contributed by atoms with Gasteiger partial charge in [0.25, 0.3) is 5.91 Å². The highest BCUT2D eigenvalue weighted by Gasteiger charge is 2.50. The number of amides is 1. The van der Waals surface area contributed by atoms with Crippen LogP contribution in [0.15, 0.2) is 42.6 Å². The molecule has 1 aliphatic carbocycles. The van der Waals surface area contributed by atoms with Crippen LogP contribution in [0.1, 0.15) is 37.3 Å². The van der Waals surface area contributed by atoms with Crippen molar-refractivity contribution in [1.82, 2.24) is 19.9 Å². The Labute approximate surface area is 243 Å². The van der Waals surface area contributed by atoms with Gasteiger partial charge in [-0.25, -0.2) is 17.9 Å². The predicted octanol–water partition coefficient (Wildman–Crippen LogP) is 2.37. The van der Waals surface area contributed by atoms with Gasteiger partial charge in [0.05, 0.1) is 24.9 Å². The van der Waals surface area contributed by atoms with Crippen LogP contribution in [0.4, 0.5) is 13.2 Å².